The number of esters is 3. The average Bonchev–Trinajstić information content (AvgIpc) is 1.45. The number of anilines is 1. The number of hydrogen-bond donors (Lipinski definition) is 4. The van der Waals surface area contributed by atoms with Crippen LogP contribution in [0.25, 0.3) is 10.9 Å². The number of carbonyl (C=O) groups is 6. The number of likely N-dealkylation sites (tertiary alicyclic amines) is 2. The number of H-pyrrole nitrogens is 1. The number of nitrogens with two attached hydrogens (primary N) is 1. The maximum absolute atomic E-state index is 15.3. The molecule has 0 radical (unpaired) electrons. The van der Waals surface area contributed by atoms with Gasteiger partial charge in [-0.25, -0.2) is 9.59 Å². The summed E-state index contributed by atoms with van der Waals surface area (Å²) in [6.07, 6.45) is 13.8. The topological polar surface area (TPSA) is 251 Å². The summed E-state index contributed by atoms with van der Waals surface area (Å²) in [5.41, 5.74) is 7.28. The average molecular weight is 1460 g/mol. The minimum Gasteiger partial charge on any atom is -0.496 e. The van der Waals surface area contributed by atoms with Gasteiger partial charge in [0, 0.05) is 137 Å². The van der Waals surface area contributed by atoms with Crippen molar-refractivity contribution in [2.24, 2.45) is 28.9 Å². The van der Waals surface area contributed by atoms with Crippen molar-refractivity contribution in [1.82, 2.24) is 29.6 Å². The summed E-state index contributed by atoms with van der Waals surface area (Å²) in [7, 11) is 4.09. The molecule has 23 heteroatoms. The molecule has 512 valence electrons. The predicted molar refractivity (Wildman–Crippen MR) is 369 cm³/mol. The Balaban J connectivity index is 0.000000197. The van der Waals surface area contributed by atoms with Crippen LogP contribution < -0.4 is 15.4 Å². The van der Waals surface area contributed by atoms with E-state index in [0.29, 0.717) is 131 Å². The fourth-order valence-corrected chi connectivity index (χ4v) is 21.1. The van der Waals surface area contributed by atoms with Gasteiger partial charge in [-0.1, -0.05) is 71.7 Å². The van der Waals surface area contributed by atoms with Crippen LogP contribution in [0, 0.1) is 23.2 Å². The van der Waals surface area contributed by atoms with Gasteiger partial charge in [0.1, 0.15) is 11.2 Å². The van der Waals surface area contributed by atoms with E-state index in [1.54, 1.807) is 11.0 Å². The highest BCUT2D eigenvalue weighted by molar-refractivity contribution is 9.10. The molecule has 3 aromatic carbocycles. The van der Waals surface area contributed by atoms with Crippen LogP contribution in [0.4, 0.5) is 10.5 Å². The highest BCUT2D eigenvalue weighted by Crippen LogP contribution is 2.68. The molecule has 1 saturated carbocycles. The van der Waals surface area contributed by atoms with Gasteiger partial charge < -0.3 is 54.6 Å². The Morgan fingerprint density at radius 3 is 2.26 bits per heavy atom. The third-order valence-corrected chi connectivity index (χ3v) is 25.0. The number of halogens is 3. The number of aromatic nitrogens is 2. The van der Waals surface area contributed by atoms with Crippen molar-refractivity contribution in [1.29, 1.82) is 0 Å². The lowest BCUT2D eigenvalue weighted by molar-refractivity contribution is -0.228. The molecule has 96 heavy (non-hydrogen) atoms. The molecule has 5 fully saturated rings. The fraction of sp³-hybridized carbons (Fsp3) is 0.548. The normalized spacial score (nSPS) is 30.7. The van der Waals surface area contributed by atoms with Gasteiger partial charge in [-0.3, -0.25) is 34.0 Å². The Morgan fingerprint density at radius 1 is 0.844 bits per heavy atom. The highest BCUT2D eigenvalue weighted by atomic mass is 79.9. The molecule has 1 spiro atoms. The molecular formula is C73H87Br2ClN8O12. The first-order chi connectivity index (χ1) is 46.1. The number of methoxy groups -OCH3 is 3. The van der Waals surface area contributed by atoms with Gasteiger partial charge >= 0.3 is 23.9 Å². The molecule has 5 N–H and O–H groups in total. The Kier molecular flexibility index (Phi) is 18.7. The van der Waals surface area contributed by atoms with Crippen molar-refractivity contribution in [3.8, 4) is 5.75 Å². The standard InChI is InChI=1S/C46H56N4O10.C27H31Br2ClN4O2/c1-7-42(55)22-28-23-45(40(53)58-5,36-30(14-18-48(24-28)25-42)29-12-9-10-13-33(29)47-36)32-20-31-34(21-35(32)57-4)50(26-51)38-44(31)16-19-49-17-11-15-43(8-2,37(44)49)39(60-27(3)52)46(38,56)41(54)59-6;28-20-12-19-2-1-18-13-21(30)14-22(29)24(18)25(26(19)32-15-20)17-5-9-33(10-6-17)23(35)11-16-3-7-34(8-4-16)27(31)36/h9-13,15,20-21,26,28,37-39,47,55-56H,7-8,14,16-19,22-25H2,1-6H3;12-17,25H,1-11H2,(H2,31,36)/t28?,37-,38+,39+,42-,43+,44+,45-,46-;25-/m01/s1. The maximum Gasteiger partial charge on any atom is 0.344 e. The first-order valence-corrected chi connectivity index (χ1v) is 36.0. The van der Waals surface area contributed by atoms with Crippen molar-refractivity contribution in [2.45, 2.75) is 150 Å². The number of para-hydroxylation sites is 1. The van der Waals surface area contributed by atoms with Crippen LogP contribution in [0.1, 0.15) is 136 Å². The van der Waals surface area contributed by atoms with E-state index in [-0.39, 0.29) is 30.2 Å². The molecule has 4 saturated heterocycles. The van der Waals surface area contributed by atoms with Crippen LogP contribution in [-0.2, 0) is 68.3 Å². The van der Waals surface area contributed by atoms with E-state index in [1.807, 2.05) is 67.4 Å². The van der Waals surface area contributed by atoms with Crippen LogP contribution in [0.15, 0.2) is 81.9 Å². The molecule has 5 aromatic rings. The van der Waals surface area contributed by atoms with E-state index in [9.17, 15) is 34.2 Å². The number of amides is 4. The lowest BCUT2D eigenvalue weighted by Gasteiger charge is -2.63. The number of hydrogen-bond acceptors (Lipinski definition) is 15. The first-order valence-electron chi connectivity index (χ1n) is 34.0. The Morgan fingerprint density at radius 2 is 1.57 bits per heavy atom. The van der Waals surface area contributed by atoms with Crippen molar-refractivity contribution in [3.63, 3.8) is 0 Å². The highest BCUT2D eigenvalue weighted by Gasteiger charge is 2.81. The van der Waals surface area contributed by atoms with Crippen LogP contribution in [0.2, 0.25) is 5.02 Å². The smallest absolute Gasteiger partial charge is 0.344 e. The lowest BCUT2D eigenvalue weighted by Crippen LogP contribution is -2.81. The van der Waals surface area contributed by atoms with Crippen molar-refractivity contribution >= 4 is 96.3 Å². The van der Waals surface area contributed by atoms with Crippen molar-refractivity contribution in [2.75, 3.05) is 85.1 Å². The Hall–Kier alpha value is -6.40. The van der Waals surface area contributed by atoms with Gasteiger partial charge in [0.25, 0.3) is 0 Å². The second kappa shape index (κ2) is 26.4. The molecule has 11 atom stereocenters. The monoisotopic (exact) mass is 1460 g/mol. The number of nitrogens with zero attached hydrogens (tertiary/aromatic N) is 6. The molecule has 9 heterocycles. The number of aryl methyl sites for hydroxylation is 2. The van der Waals surface area contributed by atoms with Crippen LogP contribution in [0.5, 0.6) is 5.75 Å². The molecule has 14 rings (SSSR count). The van der Waals surface area contributed by atoms with E-state index in [0.717, 1.165) is 87.7 Å². The summed E-state index contributed by atoms with van der Waals surface area (Å²) < 4.78 is 25.7. The molecular weight excluding hydrogens is 1380 g/mol. The van der Waals surface area contributed by atoms with Crippen molar-refractivity contribution < 1.29 is 57.9 Å². The molecule has 2 bridgehead atoms. The number of rotatable bonds is 11. The van der Waals surface area contributed by atoms with Gasteiger partial charge in [-0.05, 0) is 175 Å². The Labute approximate surface area is 582 Å². The van der Waals surface area contributed by atoms with Gasteiger partial charge in [0.2, 0.25) is 17.9 Å². The summed E-state index contributed by atoms with van der Waals surface area (Å²) >= 11 is 13.9. The zero-order valence-electron chi connectivity index (χ0n) is 55.5. The van der Waals surface area contributed by atoms with Crippen LogP contribution >= 0.6 is 43.5 Å². The molecule has 20 nitrogen and oxygen atoms in total. The summed E-state index contributed by atoms with van der Waals surface area (Å²) in [6.45, 7) is 11.0. The van der Waals surface area contributed by atoms with Crippen molar-refractivity contribution in [3.05, 3.63) is 132 Å². The number of fused-ring (bicyclic) bond motifs is 8. The van der Waals surface area contributed by atoms with E-state index < -0.39 is 63.5 Å². The van der Waals surface area contributed by atoms with Gasteiger partial charge in [0.15, 0.2) is 6.10 Å². The zero-order valence-corrected chi connectivity index (χ0v) is 59.4. The van der Waals surface area contributed by atoms with Crippen LogP contribution in [-0.4, -0.2) is 186 Å². The zero-order chi connectivity index (χ0) is 68.0. The summed E-state index contributed by atoms with van der Waals surface area (Å²) in [5.74, 6) is -0.926. The minimum absolute atomic E-state index is 0.155. The number of nitrogens with one attached hydrogen (secondary N) is 1. The Bertz CT molecular complexity index is 3950. The third kappa shape index (κ3) is 11.1. The second-order valence-electron chi connectivity index (χ2n) is 28.4. The number of pyridine rings is 1. The number of aliphatic hydroxyl groups is 2. The van der Waals surface area contributed by atoms with Crippen LogP contribution in [0.3, 0.4) is 0 Å². The summed E-state index contributed by atoms with van der Waals surface area (Å²) in [4.78, 5) is 99.3. The van der Waals surface area contributed by atoms with Gasteiger partial charge in [-0.2, -0.15) is 0 Å². The summed E-state index contributed by atoms with van der Waals surface area (Å²) in [5, 5.41) is 27.0. The largest absolute Gasteiger partial charge is 0.496 e. The molecule has 2 aromatic heterocycles. The van der Waals surface area contributed by atoms with Gasteiger partial charge in [-0.15, -0.1) is 0 Å². The maximum atomic E-state index is 15.3. The number of primary amides is 1. The van der Waals surface area contributed by atoms with E-state index in [1.165, 1.54) is 49.8 Å². The van der Waals surface area contributed by atoms with E-state index in [4.69, 9.17) is 41.3 Å². The van der Waals surface area contributed by atoms with Gasteiger partial charge in [0.05, 0.1) is 44.4 Å². The second-order valence-corrected chi connectivity index (χ2v) is 30.6. The minimum atomic E-state index is -2.53. The third-order valence-electron chi connectivity index (χ3n) is 23.7. The number of benzene rings is 3. The molecule has 2 unspecified atom stereocenters. The quantitative estimate of drug-likeness (QED) is 0.0416. The number of carbonyl (C=O) groups excluding carboxylic acids is 6. The number of ether oxygens (including phenoxy) is 4. The molecule has 2 aliphatic carbocycles. The molecule has 9 aliphatic rings. The fourth-order valence-electron chi connectivity index (χ4n) is 19.6. The summed E-state index contributed by atoms with van der Waals surface area (Å²) in [6, 6.07) is 15.9. The number of aromatic amines is 1. The number of urea groups is 1. The molecule has 4 amide bonds. The predicted octanol–water partition coefficient (Wildman–Crippen LogP) is 9.43. The van der Waals surface area contributed by atoms with E-state index >= 15 is 4.79 Å². The first kappa shape index (κ1) is 68.1. The number of piperidine rings is 3. The lowest BCUT2D eigenvalue weighted by atomic mass is 9.47. The SMILES string of the molecule is CC[C@]1(O)CC2CN(CCc3c([nH]c4ccccc34)[C@@](C(=O)OC)(c3cc4c(cc3OC)N(C=O)[C@H]3[C@@](O)(C(=O)OC)[C@H](OC(C)=O)[C@]5(CC)C=CCN6CC[C@]43[C@@H]65)C2)C1.NC(=O)N1CCC(CC(=O)N2CCC([C@H]3c4ncc(Br)cc4CCc4cc(Cl)cc(Br)c43)CC2)CC1. The van der Waals surface area contributed by atoms with E-state index in [2.05, 4.69) is 64.8 Å². The molecule has 7 aliphatic heterocycles.